The maximum atomic E-state index is 11.5. The Kier molecular flexibility index (Phi) is 6.34. The molecular formula is C18H31N5O4Si. The van der Waals surface area contributed by atoms with Gasteiger partial charge in [0.1, 0.15) is 5.69 Å². The molecule has 0 radical (unpaired) electrons. The van der Waals surface area contributed by atoms with Crippen LogP contribution in [0.4, 0.5) is 5.69 Å². The highest BCUT2D eigenvalue weighted by atomic mass is 28.4. The van der Waals surface area contributed by atoms with Gasteiger partial charge >= 0.3 is 11.6 Å². The quantitative estimate of drug-likeness (QED) is 0.284. The molecule has 0 amide bonds. The second kappa shape index (κ2) is 8.04. The van der Waals surface area contributed by atoms with Crippen molar-refractivity contribution in [3.05, 3.63) is 27.6 Å². The molecule has 2 heterocycles. The Morgan fingerprint density at radius 3 is 2.36 bits per heavy atom. The molecule has 0 unspecified atom stereocenters. The van der Waals surface area contributed by atoms with Gasteiger partial charge in [-0.3, -0.25) is 14.8 Å². The summed E-state index contributed by atoms with van der Waals surface area (Å²) in [6.45, 7) is 15.3. The smallest absolute Gasteiger partial charge is 0.353 e. The van der Waals surface area contributed by atoms with Crippen LogP contribution in [0.15, 0.2) is 6.20 Å². The maximum Gasteiger partial charge on any atom is 0.353 e. The molecule has 0 aromatic carbocycles. The molecule has 0 aliphatic heterocycles. The van der Waals surface area contributed by atoms with E-state index in [1.807, 2.05) is 13.1 Å². The zero-order valence-corrected chi connectivity index (χ0v) is 19.1. The SMILES string of the molecule is Cc1cn(C)nc1-n1nc(OCCCO[Si](C)(C)C(C)(C)C)c([N+](=O)[O-])c1C. The molecule has 28 heavy (non-hydrogen) atoms. The first-order valence-electron chi connectivity index (χ1n) is 9.36. The van der Waals surface area contributed by atoms with Crippen molar-refractivity contribution in [2.24, 2.45) is 7.05 Å². The third-order valence-electron chi connectivity index (χ3n) is 5.22. The number of aryl methyl sites for hydroxylation is 2. The molecule has 9 nitrogen and oxygen atoms in total. The number of aromatic nitrogens is 4. The van der Waals surface area contributed by atoms with Crippen molar-refractivity contribution >= 4 is 14.0 Å². The molecule has 0 spiro atoms. The molecule has 0 fully saturated rings. The van der Waals surface area contributed by atoms with E-state index in [-0.39, 0.29) is 16.6 Å². The average Bonchev–Trinajstić information content (AvgIpc) is 3.04. The van der Waals surface area contributed by atoms with Crippen LogP contribution >= 0.6 is 0 Å². The molecule has 2 aromatic heterocycles. The summed E-state index contributed by atoms with van der Waals surface area (Å²) in [7, 11) is -0.0148. The first-order valence-corrected chi connectivity index (χ1v) is 12.3. The first-order chi connectivity index (χ1) is 12.8. The van der Waals surface area contributed by atoms with Crippen LogP contribution in [0.3, 0.4) is 0 Å². The Labute approximate surface area is 166 Å². The van der Waals surface area contributed by atoms with E-state index in [4.69, 9.17) is 9.16 Å². The second-order valence-corrected chi connectivity index (χ2v) is 13.3. The van der Waals surface area contributed by atoms with Crippen molar-refractivity contribution in [1.29, 1.82) is 0 Å². The van der Waals surface area contributed by atoms with E-state index < -0.39 is 13.2 Å². The molecule has 0 saturated heterocycles. The average molecular weight is 410 g/mol. The van der Waals surface area contributed by atoms with E-state index in [1.54, 1.807) is 18.7 Å². The molecule has 10 heteroatoms. The van der Waals surface area contributed by atoms with Crippen molar-refractivity contribution in [1.82, 2.24) is 19.6 Å². The lowest BCUT2D eigenvalue weighted by molar-refractivity contribution is -0.386. The van der Waals surface area contributed by atoms with Crippen LogP contribution in [0.25, 0.3) is 5.82 Å². The van der Waals surface area contributed by atoms with Crippen LogP contribution in [-0.4, -0.2) is 46.0 Å². The van der Waals surface area contributed by atoms with Gasteiger partial charge in [0.2, 0.25) is 0 Å². The Hall–Kier alpha value is -2.20. The highest BCUT2D eigenvalue weighted by Crippen LogP contribution is 2.36. The van der Waals surface area contributed by atoms with Gasteiger partial charge in [0, 0.05) is 31.8 Å². The number of rotatable bonds is 8. The minimum absolute atomic E-state index is 0.0138. The van der Waals surface area contributed by atoms with Crippen LogP contribution in [0, 0.1) is 24.0 Å². The molecule has 156 valence electrons. The Morgan fingerprint density at radius 1 is 1.21 bits per heavy atom. The minimum Gasteiger partial charge on any atom is -0.472 e. The lowest BCUT2D eigenvalue weighted by Gasteiger charge is -2.36. The van der Waals surface area contributed by atoms with Gasteiger partial charge in [-0.05, 0) is 32.0 Å². The minimum atomic E-state index is -1.81. The molecule has 2 rings (SSSR count). The van der Waals surface area contributed by atoms with Gasteiger partial charge in [0.05, 0.1) is 11.5 Å². The predicted molar refractivity (Wildman–Crippen MR) is 110 cm³/mol. The van der Waals surface area contributed by atoms with Gasteiger partial charge in [0.25, 0.3) is 0 Å². The van der Waals surface area contributed by atoms with E-state index in [1.165, 1.54) is 4.68 Å². The van der Waals surface area contributed by atoms with E-state index in [2.05, 4.69) is 44.1 Å². The second-order valence-electron chi connectivity index (χ2n) is 8.53. The zero-order chi connectivity index (χ0) is 21.3. The number of nitrogens with zero attached hydrogens (tertiary/aromatic N) is 5. The standard InChI is InChI=1S/C18H31N5O4Si/c1-13-12-21(6)19-16(13)22-14(2)15(23(24)25)17(20-22)26-10-9-11-27-28(7,8)18(3,4)5/h12H,9-11H2,1-8H3. The normalized spacial score (nSPS) is 12.4. The molecule has 0 saturated carbocycles. The summed E-state index contributed by atoms with van der Waals surface area (Å²) < 4.78 is 14.9. The molecule has 0 aliphatic rings. The number of ether oxygens (including phenoxy) is 1. The van der Waals surface area contributed by atoms with Crippen LogP contribution < -0.4 is 4.74 Å². The summed E-state index contributed by atoms with van der Waals surface area (Å²) in [5.41, 5.74) is 1.13. The maximum absolute atomic E-state index is 11.5. The highest BCUT2D eigenvalue weighted by Gasteiger charge is 2.37. The fourth-order valence-corrected chi connectivity index (χ4v) is 3.65. The third kappa shape index (κ3) is 4.61. The fraction of sp³-hybridized carbons (Fsp3) is 0.667. The van der Waals surface area contributed by atoms with Crippen molar-refractivity contribution in [2.45, 2.75) is 59.2 Å². The number of hydrogen-bond donors (Lipinski definition) is 0. The van der Waals surface area contributed by atoms with Crippen molar-refractivity contribution < 1.29 is 14.1 Å². The van der Waals surface area contributed by atoms with E-state index in [0.29, 0.717) is 31.1 Å². The Morgan fingerprint density at radius 2 is 1.86 bits per heavy atom. The van der Waals surface area contributed by atoms with Crippen LogP contribution in [0.5, 0.6) is 5.88 Å². The molecule has 0 aliphatic carbocycles. The topological polar surface area (TPSA) is 97.2 Å². The molecule has 0 atom stereocenters. The Bertz CT molecular complexity index is 851. The lowest BCUT2D eigenvalue weighted by atomic mass is 10.2. The van der Waals surface area contributed by atoms with E-state index >= 15 is 0 Å². The summed E-state index contributed by atoms with van der Waals surface area (Å²) in [6, 6.07) is 0. The van der Waals surface area contributed by atoms with E-state index in [0.717, 1.165) is 5.56 Å². The number of nitro groups is 1. The highest BCUT2D eigenvalue weighted by molar-refractivity contribution is 6.74. The summed E-state index contributed by atoms with van der Waals surface area (Å²) in [4.78, 5) is 11.1. The largest absolute Gasteiger partial charge is 0.472 e. The summed E-state index contributed by atoms with van der Waals surface area (Å²) in [5, 5.41) is 20.3. The van der Waals surface area contributed by atoms with Gasteiger partial charge in [-0.25, -0.2) is 4.68 Å². The van der Waals surface area contributed by atoms with Crippen molar-refractivity contribution in [3.63, 3.8) is 0 Å². The van der Waals surface area contributed by atoms with Gasteiger partial charge in [0.15, 0.2) is 14.1 Å². The van der Waals surface area contributed by atoms with Crippen molar-refractivity contribution in [2.75, 3.05) is 13.2 Å². The summed E-state index contributed by atoms with van der Waals surface area (Å²) in [5.74, 6) is 0.569. The number of hydrogen-bond acceptors (Lipinski definition) is 6. The predicted octanol–water partition coefficient (Wildman–Crippen LogP) is 3.92. The molecular weight excluding hydrogens is 378 g/mol. The van der Waals surface area contributed by atoms with Gasteiger partial charge in [-0.15, -0.1) is 5.10 Å². The third-order valence-corrected chi connectivity index (χ3v) is 9.76. The van der Waals surface area contributed by atoms with Crippen LogP contribution in [-0.2, 0) is 11.5 Å². The van der Waals surface area contributed by atoms with Gasteiger partial charge in [-0.1, -0.05) is 20.8 Å². The van der Waals surface area contributed by atoms with Gasteiger partial charge in [-0.2, -0.15) is 5.10 Å². The zero-order valence-electron chi connectivity index (χ0n) is 18.1. The van der Waals surface area contributed by atoms with Gasteiger partial charge < -0.3 is 9.16 Å². The van der Waals surface area contributed by atoms with Crippen LogP contribution in [0.2, 0.25) is 18.1 Å². The van der Waals surface area contributed by atoms with E-state index in [9.17, 15) is 10.1 Å². The fourth-order valence-electron chi connectivity index (χ4n) is 2.56. The summed E-state index contributed by atoms with van der Waals surface area (Å²) >= 11 is 0. The molecule has 2 aromatic rings. The van der Waals surface area contributed by atoms with Crippen molar-refractivity contribution in [3.8, 4) is 11.7 Å². The Balaban J connectivity index is 2.09. The molecule has 0 bridgehead atoms. The van der Waals surface area contributed by atoms with Crippen LogP contribution in [0.1, 0.15) is 38.4 Å². The first kappa shape index (κ1) is 22.1. The lowest BCUT2D eigenvalue weighted by Crippen LogP contribution is -2.41. The molecule has 0 N–H and O–H groups in total. The summed E-state index contributed by atoms with van der Waals surface area (Å²) in [6.07, 6.45) is 2.47. The monoisotopic (exact) mass is 409 g/mol.